The maximum Gasteiger partial charge on any atom is 0.262 e. The molecule has 1 aliphatic heterocycles. The topological polar surface area (TPSA) is 42.8 Å². The molecule has 0 spiro atoms. The fourth-order valence-electron chi connectivity index (χ4n) is 2.43. The van der Waals surface area contributed by atoms with Gasteiger partial charge in [0.2, 0.25) is 12.1 Å². The van der Waals surface area contributed by atoms with Gasteiger partial charge < -0.3 is 15.0 Å². The molecule has 0 aromatic rings. The SMILES string of the molecule is CCCC(=O)N[C@H]([NH+]1C[C@@H](C)O[C@@H](C)C1)C(Cl)(Cl)Cl. The van der Waals surface area contributed by atoms with Crippen molar-refractivity contribution in [1.82, 2.24) is 5.32 Å². The van der Waals surface area contributed by atoms with Crippen LogP contribution in [0.5, 0.6) is 0 Å². The molecular formula is C12H22Cl3N2O2+. The lowest BCUT2D eigenvalue weighted by molar-refractivity contribution is -0.941. The number of rotatable bonds is 4. The minimum atomic E-state index is -1.53. The minimum Gasteiger partial charge on any atom is -0.364 e. The van der Waals surface area contributed by atoms with Gasteiger partial charge in [-0.2, -0.15) is 0 Å². The fourth-order valence-corrected chi connectivity index (χ4v) is 3.05. The fraction of sp³-hybridized carbons (Fsp3) is 0.917. The molecule has 1 rings (SSSR count). The number of ether oxygens (including phenoxy) is 1. The molecule has 0 aromatic heterocycles. The molecule has 4 atom stereocenters. The van der Waals surface area contributed by atoms with Gasteiger partial charge in [0.05, 0.1) is 0 Å². The largest absolute Gasteiger partial charge is 0.364 e. The second-order valence-electron chi connectivity index (χ2n) is 5.12. The predicted molar refractivity (Wildman–Crippen MR) is 77.8 cm³/mol. The molecule has 1 fully saturated rings. The average Bonchev–Trinajstić information content (AvgIpc) is 2.23. The predicted octanol–water partition coefficient (Wildman–Crippen LogP) is 1.29. The Balaban J connectivity index is 2.76. The molecular weight excluding hydrogens is 311 g/mol. The van der Waals surface area contributed by atoms with Gasteiger partial charge in [-0.05, 0) is 20.3 Å². The lowest BCUT2D eigenvalue weighted by Crippen LogP contribution is -3.22. The third-order valence-corrected chi connectivity index (χ3v) is 3.74. The lowest BCUT2D eigenvalue weighted by Gasteiger charge is -2.39. The van der Waals surface area contributed by atoms with Crippen molar-refractivity contribution in [3.05, 3.63) is 0 Å². The van der Waals surface area contributed by atoms with E-state index in [1.807, 2.05) is 20.8 Å². The Morgan fingerprint density at radius 1 is 1.37 bits per heavy atom. The molecule has 4 nitrogen and oxygen atoms in total. The van der Waals surface area contributed by atoms with E-state index < -0.39 is 9.96 Å². The highest BCUT2D eigenvalue weighted by Gasteiger charge is 2.44. The number of amides is 1. The Hall–Kier alpha value is 0.260. The van der Waals surface area contributed by atoms with Crippen molar-refractivity contribution in [2.75, 3.05) is 13.1 Å². The first-order chi connectivity index (χ1) is 8.74. The first-order valence-corrected chi connectivity index (χ1v) is 7.73. The molecule has 19 heavy (non-hydrogen) atoms. The van der Waals surface area contributed by atoms with E-state index in [4.69, 9.17) is 39.5 Å². The highest BCUT2D eigenvalue weighted by Crippen LogP contribution is 2.28. The Bertz CT molecular complexity index is 300. The van der Waals surface area contributed by atoms with Gasteiger partial charge in [-0.25, -0.2) is 0 Å². The molecule has 0 saturated carbocycles. The molecule has 1 amide bonds. The number of morpholine rings is 1. The smallest absolute Gasteiger partial charge is 0.262 e. The number of carbonyl (C=O) groups excluding carboxylic acids is 1. The van der Waals surface area contributed by atoms with E-state index >= 15 is 0 Å². The summed E-state index contributed by atoms with van der Waals surface area (Å²) in [7, 11) is 0. The van der Waals surface area contributed by atoms with Gasteiger partial charge in [0.1, 0.15) is 25.3 Å². The third-order valence-electron chi connectivity index (χ3n) is 3.08. The molecule has 2 N–H and O–H groups in total. The molecule has 1 heterocycles. The molecule has 0 bridgehead atoms. The molecule has 1 aliphatic rings. The van der Waals surface area contributed by atoms with Crippen LogP contribution in [-0.4, -0.2) is 41.2 Å². The van der Waals surface area contributed by atoms with Crippen molar-refractivity contribution in [2.24, 2.45) is 0 Å². The van der Waals surface area contributed by atoms with E-state index in [1.54, 1.807) is 0 Å². The van der Waals surface area contributed by atoms with Crippen LogP contribution in [0.2, 0.25) is 0 Å². The molecule has 7 heteroatoms. The van der Waals surface area contributed by atoms with E-state index in [2.05, 4.69) is 5.32 Å². The van der Waals surface area contributed by atoms with Crippen molar-refractivity contribution < 1.29 is 14.4 Å². The summed E-state index contributed by atoms with van der Waals surface area (Å²) in [5.41, 5.74) is 0. The third kappa shape index (κ3) is 5.64. The van der Waals surface area contributed by atoms with Gasteiger partial charge in [-0.3, -0.25) is 4.79 Å². The van der Waals surface area contributed by atoms with Crippen molar-refractivity contribution in [1.29, 1.82) is 0 Å². The highest BCUT2D eigenvalue weighted by molar-refractivity contribution is 6.68. The first-order valence-electron chi connectivity index (χ1n) is 6.60. The first kappa shape index (κ1) is 17.3. The molecule has 0 radical (unpaired) electrons. The van der Waals surface area contributed by atoms with Crippen molar-refractivity contribution in [3.63, 3.8) is 0 Å². The van der Waals surface area contributed by atoms with Crippen LogP contribution in [0.4, 0.5) is 0 Å². The van der Waals surface area contributed by atoms with Crippen LogP contribution in [0.15, 0.2) is 0 Å². The number of hydrogen-bond acceptors (Lipinski definition) is 2. The monoisotopic (exact) mass is 331 g/mol. The Morgan fingerprint density at radius 3 is 2.32 bits per heavy atom. The van der Waals surface area contributed by atoms with Crippen LogP contribution >= 0.6 is 34.8 Å². The molecule has 1 unspecified atom stereocenters. The highest BCUT2D eigenvalue weighted by atomic mass is 35.6. The zero-order valence-electron chi connectivity index (χ0n) is 11.5. The van der Waals surface area contributed by atoms with Crippen molar-refractivity contribution in [2.45, 2.75) is 55.8 Å². The summed E-state index contributed by atoms with van der Waals surface area (Å²) in [4.78, 5) is 12.8. The van der Waals surface area contributed by atoms with Gasteiger partial charge in [-0.15, -0.1) is 0 Å². The van der Waals surface area contributed by atoms with E-state index in [-0.39, 0.29) is 18.1 Å². The van der Waals surface area contributed by atoms with Gasteiger partial charge in [-0.1, -0.05) is 41.7 Å². The van der Waals surface area contributed by atoms with Crippen LogP contribution in [0.3, 0.4) is 0 Å². The van der Waals surface area contributed by atoms with E-state index in [0.29, 0.717) is 19.5 Å². The van der Waals surface area contributed by atoms with E-state index in [0.717, 1.165) is 11.3 Å². The number of halogens is 3. The van der Waals surface area contributed by atoms with Crippen molar-refractivity contribution in [3.8, 4) is 0 Å². The zero-order valence-corrected chi connectivity index (χ0v) is 13.8. The standard InChI is InChI=1S/C12H21Cl3N2O2/c1-4-5-10(18)16-11(12(13,14)15)17-6-8(2)19-9(3)7-17/h8-9,11H,4-7H2,1-3H3,(H,16,18)/p+1/t8-,9+,11-/m1/s1. The number of alkyl halides is 3. The molecule has 112 valence electrons. The molecule has 1 saturated heterocycles. The Kier molecular flexibility index (Phi) is 6.67. The summed E-state index contributed by atoms with van der Waals surface area (Å²) < 4.78 is 4.14. The maximum atomic E-state index is 11.8. The number of quaternary nitrogens is 1. The molecule has 0 aromatic carbocycles. The second-order valence-corrected chi connectivity index (χ2v) is 7.48. The van der Waals surface area contributed by atoms with E-state index in [9.17, 15) is 4.79 Å². The van der Waals surface area contributed by atoms with Gasteiger partial charge in [0.15, 0.2) is 0 Å². The zero-order chi connectivity index (χ0) is 14.6. The Labute approximate surface area is 129 Å². The summed E-state index contributed by atoms with van der Waals surface area (Å²) in [5, 5.41) is 2.84. The van der Waals surface area contributed by atoms with Gasteiger partial charge in [0, 0.05) is 6.42 Å². The lowest BCUT2D eigenvalue weighted by atomic mass is 10.2. The summed E-state index contributed by atoms with van der Waals surface area (Å²) in [5.74, 6) is -0.0851. The summed E-state index contributed by atoms with van der Waals surface area (Å²) >= 11 is 18.1. The number of nitrogens with one attached hydrogen (secondary N) is 2. The molecule has 0 aliphatic carbocycles. The normalized spacial score (nSPS) is 29.9. The van der Waals surface area contributed by atoms with Crippen molar-refractivity contribution >= 4 is 40.7 Å². The summed E-state index contributed by atoms with van der Waals surface area (Å²) in [6.45, 7) is 7.32. The average molecular weight is 333 g/mol. The minimum absolute atomic E-state index is 0.0803. The Morgan fingerprint density at radius 2 is 1.89 bits per heavy atom. The number of carbonyl (C=O) groups is 1. The number of hydrogen-bond donors (Lipinski definition) is 2. The van der Waals surface area contributed by atoms with Gasteiger partial charge in [0.25, 0.3) is 3.79 Å². The summed E-state index contributed by atoms with van der Waals surface area (Å²) in [6, 6.07) is 0. The van der Waals surface area contributed by atoms with Crippen LogP contribution in [0.1, 0.15) is 33.6 Å². The van der Waals surface area contributed by atoms with Crippen LogP contribution in [-0.2, 0) is 9.53 Å². The quantitative estimate of drug-likeness (QED) is 0.762. The van der Waals surface area contributed by atoms with Crippen LogP contribution in [0.25, 0.3) is 0 Å². The van der Waals surface area contributed by atoms with Gasteiger partial charge >= 0.3 is 0 Å². The van der Waals surface area contributed by atoms with Crippen LogP contribution < -0.4 is 10.2 Å². The summed E-state index contributed by atoms with van der Waals surface area (Å²) in [6.07, 6.45) is 0.814. The van der Waals surface area contributed by atoms with Crippen LogP contribution in [0, 0.1) is 0 Å². The maximum absolute atomic E-state index is 11.8. The second kappa shape index (κ2) is 7.32. The van der Waals surface area contributed by atoms with E-state index in [1.165, 1.54) is 0 Å².